The van der Waals surface area contributed by atoms with Gasteiger partial charge in [-0.25, -0.2) is 0 Å². The maximum absolute atomic E-state index is 8.84. The Kier molecular flexibility index (Phi) is 4.11. The highest BCUT2D eigenvalue weighted by Gasteiger charge is 2.00. The molecule has 0 spiro atoms. The predicted octanol–water partition coefficient (Wildman–Crippen LogP) is 3.68. The van der Waals surface area contributed by atoms with Gasteiger partial charge >= 0.3 is 0 Å². The Morgan fingerprint density at radius 3 is 2.32 bits per heavy atom. The van der Waals surface area contributed by atoms with Crippen molar-refractivity contribution in [2.45, 2.75) is 6.92 Å². The fourth-order valence-corrected chi connectivity index (χ4v) is 1.92. The monoisotopic (exact) mass is 267 g/mol. The van der Waals surface area contributed by atoms with Gasteiger partial charge in [0.25, 0.3) is 0 Å². The molecule has 0 saturated heterocycles. The van der Waals surface area contributed by atoms with Crippen molar-refractivity contribution >= 4 is 28.7 Å². The van der Waals surface area contributed by atoms with E-state index in [2.05, 4.69) is 16.7 Å². The van der Waals surface area contributed by atoms with Crippen LogP contribution >= 0.6 is 12.2 Å². The summed E-state index contributed by atoms with van der Waals surface area (Å²) in [6, 6.07) is 17.2. The van der Waals surface area contributed by atoms with Crippen LogP contribution in [0.4, 0.5) is 11.4 Å². The first kappa shape index (κ1) is 13.1. The first-order valence-electron chi connectivity index (χ1n) is 5.82. The van der Waals surface area contributed by atoms with Crippen LogP contribution in [0.25, 0.3) is 0 Å². The zero-order valence-electron chi connectivity index (χ0n) is 10.5. The molecule has 2 aromatic carbocycles. The summed E-state index contributed by atoms with van der Waals surface area (Å²) in [5.41, 5.74) is 3.50. The normalized spacial score (nSPS) is 9.47. The van der Waals surface area contributed by atoms with E-state index >= 15 is 0 Å². The summed E-state index contributed by atoms with van der Waals surface area (Å²) in [4.78, 5) is 0. The van der Waals surface area contributed by atoms with Gasteiger partial charge in [0, 0.05) is 11.4 Å². The molecule has 0 amide bonds. The molecule has 0 fully saturated rings. The molecule has 0 unspecified atom stereocenters. The van der Waals surface area contributed by atoms with E-state index in [1.54, 1.807) is 12.1 Å². The number of anilines is 2. The Balaban J connectivity index is 2.03. The lowest BCUT2D eigenvalue weighted by Gasteiger charge is -2.11. The van der Waals surface area contributed by atoms with Gasteiger partial charge in [0.15, 0.2) is 5.11 Å². The average Bonchev–Trinajstić information content (AvgIpc) is 2.38. The van der Waals surface area contributed by atoms with Crippen LogP contribution in [-0.2, 0) is 0 Å². The molecule has 4 heteroatoms. The van der Waals surface area contributed by atoms with Gasteiger partial charge < -0.3 is 10.6 Å². The number of benzene rings is 2. The maximum Gasteiger partial charge on any atom is 0.175 e. The fraction of sp³-hybridized carbons (Fsp3) is 0.0667. The average molecular weight is 267 g/mol. The van der Waals surface area contributed by atoms with E-state index in [0.29, 0.717) is 10.7 Å². The van der Waals surface area contributed by atoms with Gasteiger partial charge in [-0.05, 0) is 55.0 Å². The number of nitrogens with one attached hydrogen (secondary N) is 2. The van der Waals surface area contributed by atoms with Gasteiger partial charge in [0.05, 0.1) is 11.6 Å². The molecule has 2 N–H and O–H groups in total. The van der Waals surface area contributed by atoms with E-state index in [-0.39, 0.29) is 0 Å². The van der Waals surface area contributed by atoms with Crippen molar-refractivity contribution in [2.24, 2.45) is 0 Å². The molecule has 0 aliphatic heterocycles. The van der Waals surface area contributed by atoms with Crippen molar-refractivity contribution in [3.8, 4) is 6.07 Å². The molecule has 2 rings (SSSR count). The lowest BCUT2D eigenvalue weighted by molar-refractivity contribution is 1.46. The van der Waals surface area contributed by atoms with Crippen LogP contribution in [0.2, 0.25) is 0 Å². The summed E-state index contributed by atoms with van der Waals surface area (Å²) in [7, 11) is 0. The zero-order chi connectivity index (χ0) is 13.7. The Morgan fingerprint density at radius 1 is 1.05 bits per heavy atom. The third-order valence-corrected chi connectivity index (χ3v) is 2.73. The molecule has 19 heavy (non-hydrogen) atoms. The third kappa shape index (κ3) is 3.80. The smallest absolute Gasteiger partial charge is 0.175 e. The Morgan fingerprint density at radius 2 is 1.68 bits per heavy atom. The van der Waals surface area contributed by atoms with Crippen LogP contribution in [0, 0.1) is 18.3 Å². The van der Waals surface area contributed by atoms with E-state index in [4.69, 9.17) is 17.5 Å². The quantitative estimate of drug-likeness (QED) is 0.815. The second kappa shape index (κ2) is 5.98. The molecule has 0 aliphatic rings. The number of thiocarbonyl (C=S) groups is 1. The van der Waals surface area contributed by atoms with Crippen molar-refractivity contribution in [3.05, 3.63) is 59.7 Å². The van der Waals surface area contributed by atoms with Crippen molar-refractivity contribution in [2.75, 3.05) is 10.6 Å². The number of nitriles is 1. The van der Waals surface area contributed by atoms with Gasteiger partial charge in [-0.2, -0.15) is 5.26 Å². The highest BCUT2D eigenvalue weighted by Crippen LogP contribution is 2.12. The summed E-state index contributed by atoms with van der Waals surface area (Å²) in [6.07, 6.45) is 0. The van der Waals surface area contributed by atoms with Gasteiger partial charge in [0.1, 0.15) is 0 Å². The first-order chi connectivity index (χ1) is 9.17. The van der Waals surface area contributed by atoms with Gasteiger partial charge in [-0.15, -0.1) is 0 Å². The van der Waals surface area contributed by atoms with E-state index < -0.39 is 0 Å². The highest BCUT2D eigenvalue weighted by atomic mass is 32.1. The molecule has 2 aromatic rings. The van der Waals surface area contributed by atoms with E-state index in [1.807, 2.05) is 43.3 Å². The molecular weight excluding hydrogens is 254 g/mol. The third-order valence-electron chi connectivity index (χ3n) is 2.53. The molecule has 0 radical (unpaired) electrons. The molecule has 0 atom stereocenters. The SMILES string of the molecule is Cc1cccc(NC(=S)Nc2cccc(C#N)c2)c1. The number of aryl methyl sites for hydroxylation is 1. The zero-order valence-corrected chi connectivity index (χ0v) is 11.3. The minimum Gasteiger partial charge on any atom is -0.332 e. The molecule has 94 valence electrons. The van der Waals surface area contributed by atoms with Crippen LogP contribution in [0.1, 0.15) is 11.1 Å². The predicted molar refractivity (Wildman–Crippen MR) is 82.2 cm³/mol. The van der Waals surface area contributed by atoms with E-state index in [0.717, 1.165) is 11.4 Å². The van der Waals surface area contributed by atoms with Gasteiger partial charge in [-0.3, -0.25) is 0 Å². The standard InChI is InChI=1S/C15H13N3S/c1-11-4-2-6-13(8-11)17-15(19)18-14-7-3-5-12(9-14)10-16/h2-9H,1H3,(H2,17,18,19). The van der Waals surface area contributed by atoms with E-state index in [1.165, 1.54) is 5.56 Å². The van der Waals surface area contributed by atoms with Crippen LogP contribution in [0.5, 0.6) is 0 Å². The molecule has 0 aliphatic carbocycles. The Labute approximate surface area is 117 Å². The van der Waals surface area contributed by atoms with Crippen LogP contribution in [-0.4, -0.2) is 5.11 Å². The van der Waals surface area contributed by atoms with E-state index in [9.17, 15) is 0 Å². The van der Waals surface area contributed by atoms with Crippen LogP contribution in [0.3, 0.4) is 0 Å². The molecule has 0 aromatic heterocycles. The van der Waals surface area contributed by atoms with Crippen LogP contribution < -0.4 is 10.6 Å². The molecule has 3 nitrogen and oxygen atoms in total. The van der Waals surface area contributed by atoms with Crippen LogP contribution in [0.15, 0.2) is 48.5 Å². The summed E-state index contributed by atoms with van der Waals surface area (Å²) < 4.78 is 0. The Hall–Kier alpha value is -2.38. The van der Waals surface area contributed by atoms with Crippen molar-refractivity contribution < 1.29 is 0 Å². The van der Waals surface area contributed by atoms with Crippen molar-refractivity contribution in [1.29, 1.82) is 5.26 Å². The van der Waals surface area contributed by atoms with Crippen molar-refractivity contribution in [1.82, 2.24) is 0 Å². The lowest BCUT2D eigenvalue weighted by Crippen LogP contribution is -2.19. The molecular formula is C15H13N3S. The molecule has 0 heterocycles. The summed E-state index contributed by atoms with van der Waals surface area (Å²) in [6.45, 7) is 2.03. The molecule has 0 bridgehead atoms. The number of nitrogens with zero attached hydrogens (tertiary/aromatic N) is 1. The van der Waals surface area contributed by atoms with Gasteiger partial charge in [0.2, 0.25) is 0 Å². The first-order valence-corrected chi connectivity index (χ1v) is 6.23. The van der Waals surface area contributed by atoms with Gasteiger partial charge in [-0.1, -0.05) is 18.2 Å². The highest BCUT2D eigenvalue weighted by molar-refractivity contribution is 7.80. The summed E-state index contributed by atoms with van der Waals surface area (Å²) in [5, 5.41) is 15.5. The minimum atomic E-state index is 0.501. The second-order valence-corrected chi connectivity index (χ2v) is 4.55. The van der Waals surface area contributed by atoms with Crippen molar-refractivity contribution in [3.63, 3.8) is 0 Å². The summed E-state index contributed by atoms with van der Waals surface area (Å²) in [5.74, 6) is 0. The fourth-order valence-electron chi connectivity index (χ4n) is 1.68. The maximum atomic E-state index is 8.84. The Bertz CT molecular complexity index is 644. The molecule has 0 saturated carbocycles. The number of hydrogen-bond acceptors (Lipinski definition) is 2. The summed E-state index contributed by atoms with van der Waals surface area (Å²) >= 11 is 5.24. The minimum absolute atomic E-state index is 0.501. The number of rotatable bonds is 2. The topological polar surface area (TPSA) is 47.8 Å². The second-order valence-electron chi connectivity index (χ2n) is 4.14. The lowest BCUT2D eigenvalue weighted by atomic mass is 10.2. The number of hydrogen-bond donors (Lipinski definition) is 2. The largest absolute Gasteiger partial charge is 0.332 e.